The highest BCUT2D eigenvalue weighted by Gasteiger charge is 2.45. The van der Waals surface area contributed by atoms with E-state index in [0.717, 1.165) is 12.1 Å². The molecule has 7 heteroatoms. The number of carboxylic acid groups (broad SMARTS) is 1. The van der Waals surface area contributed by atoms with Crippen molar-refractivity contribution in [1.82, 2.24) is 15.2 Å². The average molecular weight is 297 g/mol. The minimum atomic E-state index is -0.797. The number of likely N-dealkylation sites (tertiary alicyclic amines) is 1. The number of amides is 2. The van der Waals surface area contributed by atoms with Crippen LogP contribution in [0.1, 0.15) is 31.9 Å². The van der Waals surface area contributed by atoms with Gasteiger partial charge in [0.1, 0.15) is 0 Å². The van der Waals surface area contributed by atoms with Gasteiger partial charge in [0.05, 0.1) is 23.2 Å². The normalized spacial score (nSPS) is 21.9. The smallest absolute Gasteiger partial charge is 0.317 e. The standard InChI is InChI=1S/C13H19N3O3S/c1-2-3-13(11(17)18)4-5-16(8-13)12(19)14-6-10-7-20-9-15-10/h7,9H,2-6,8H2,1H3,(H,14,19)(H,17,18). The maximum Gasteiger partial charge on any atom is 0.317 e. The summed E-state index contributed by atoms with van der Waals surface area (Å²) in [6.07, 6.45) is 1.94. The molecular weight excluding hydrogens is 278 g/mol. The Morgan fingerprint density at radius 3 is 3.00 bits per heavy atom. The SMILES string of the molecule is CCCC1(C(=O)O)CCN(C(=O)NCc2cscn2)C1. The van der Waals surface area contributed by atoms with Crippen LogP contribution in [-0.4, -0.2) is 40.1 Å². The van der Waals surface area contributed by atoms with Gasteiger partial charge in [-0.15, -0.1) is 11.3 Å². The molecule has 1 atom stereocenters. The van der Waals surface area contributed by atoms with Gasteiger partial charge in [0, 0.05) is 18.5 Å². The van der Waals surface area contributed by atoms with Crippen LogP contribution in [0.3, 0.4) is 0 Å². The predicted octanol–water partition coefficient (Wildman–Crippen LogP) is 1.93. The molecule has 0 aliphatic carbocycles. The van der Waals surface area contributed by atoms with Crippen molar-refractivity contribution in [1.29, 1.82) is 0 Å². The van der Waals surface area contributed by atoms with E-state index in [1.54, 1.807) is 10.4 Å². The molecule has 2 amide bonds. The van der Waals surface area contributed by atoms with Gasteiger partial charge in [-0.2, -0.15) is 0 Å². The molecular formula is C13H19N3O3S. The zero-order valence-corrected chi connectivity index (χ0v) is 12.3. The number of thiazole rings is 1. The Kier molecular flexibility index (Phi) is 4.59. The van der Waals surface area contributed by atoms with E-state index in [1.165, 1.54) is 11.3 Å². The Morgan fingerprint density at radius 2 is 2.40 bits per heavy atom. The number of carbonyl (C=O) groups is 2. The lowest BCUT2D eigenvalue weighted by molar-refractivity contribution is -0.148. The fourth-order valence-electron chi connectivity index (χ4n) is 2.61. The van der Waals surface area contributed by atoms with E-state index in [-0.39, 0.29) is 6.03 Å². The van der Waals surface area contributed by atoms with Crippen molar-refractivity contribution >= 4 is 23.3 Å². The molecule has 2 heterocycles. The molecule has 1 aliphatic heterocycles. The highest BCUT2D eigenvalue weighted by molar-refractivity contribution is 7.07. The second-order valence-corrected chi connectivity index (χ2v) is 5.86. The van der Waals surface area contributed by atoms with E-state index in [4.69, 9.17) is 0 Å². The molecule has 1 aromatic heterocycles. The Morgan fingerprint density at radius 1 is 1.60 bits per heavy atom. The third-order valence-corrected chi connectivity index (χ3v) is 4.36. The number of aromatic nitrogens is 1. The van der Waals surface area contributed by atoms with Gasteiger partial charge in [-0.1, -0.05) is 13.3 Å². The lowest BCUT2D eigenvalue weighted by atomic mass is 9.83. The van der Waals surface area contributed by atoms with Crippen LogP contribution in [0.15, 0.2) is 10.9 Å². The third kappa shape index (κ3) is 3.09. The van der Waals surface area contributed by atoms with E-state index in [2.05, 4.69) is 10.3 Å². The van der Waals surface area contributed by atoms with Gasteiger partial charge in [-0.05, 0) is 12.8 Å². The minimum absolute atomic E-state index is 0.211. The van der Waals surface area contributed by atoms with Crippen molar-refractivity contribution in [2.75, 3.05) is 13.1 Å². The minimum Gasteiger partial charge on any atom is -0.481 e. The summed E-state index contributed by atoms with van der Waals surface area (Å²) < 4.78 is 0. The topological polar surface area (TPSA) is 82.5 Å². The monoisotopic (exact) mass is 297 g/mol. The van der Waals surface area contributed by atoms with Crippen LogP contribution in [-0.2, 0) is 11.3 Å². The lowest BCUT2D eigenvalue weighted by Crippen LogP contribution is -2.41. The summed E-state index contributed by atoms with van der Waals surface area (Å²) in [5.74, 6) is -0.797. The van der Waals surface area contributed by atoms with E-state index in [9.17, 15) is 14.7 Å². The molecule has 2 N–H and O–H groups in total. The second kappa shape index (κ2) is 6.21. The van der Waals surface area contributed by atoms with Gasteiger partial charge >= 0.3 is 12.0 Å². The average Bonchev–Trinajstić information content (AvgIpc) is 3.06. The molecule has 0 radical (unpaired) electrons. The third-order valence-electron chi connectivity index (χ3n) is 3.73. The maximum atomic E-state index is 12.1. The quantitative estimate of drug-likeness (QED) is 0.870. The summed E-state index contributed by atoms with van der Waals surface area (Å²) in [7, 11) is 0. The van der Waals surface area contributed by atoms with Crippen LogP contribution < -0.4 is 5.32 Å². The van der Waals surface area contributed by atoms with Gasteiger partial charge < -0.3 is 15.3 Å². The largest absolute Gasteiger partial charge is 0.481 e. The summed E-state index contributed by atoms with van der Waals surface area (Å²) in [4.78, 5) is 29.2. The number of nitrogens with zero attached hydrogens (tertiary/aromatic N) is 2. The molecule has 1 fully saturated rings. The van der Waals surface area contributed by atoms with Crippen LogP contribution in [0.4, 0.5) is 4.79 Å². The fraction of sp³-hybridized carbons (Fsp3) is 0.615. The highest BCUT2D eigenvalue weighted by atomic mass is 32.1. The first-order valence-electron chi connectivity index (χ1n) is 6.70. The first-order valence-corrected chi connectivity index (χ1v) is 7.65. The maximum absolute atomic E-state index is 12.1. The molecule has 6 nitrogen and oxygen atoms in total. The van der Waals surface area contributed by atoms with Crippen molar-refractivity contribution in [2.24, 2.45) is 5.41 Å². The Balaban J connectivity index is 1.90. The Bertz CT molecular complexity index is 477. The number of hydrogen-bond acceptors (Lipinski definition) is 4. The zero-order valence-electron chi connectivity index (χ0n) is 11.5. The van der Waals surface area contributed by atoms with Crippen LogP contribution in [0, 0.1) is 5.41 Å². The molecule has 0 spiro atoms. The summed E-state index contributed by atoms with van der Waals surface area (Å²) in [5.41, 5.74) is 1.77. The first-order chi connectivity index (χ1) is 9.57. The molecule has 2 rings (SSSR count). The number of carbonyl (C=O) groups excluding carboxylic acids is 1. The number of aliphatic carboxylic acids is 1. The molecule has 20 heavy (non-hydrogen) atoms. The van der Waals surface area contributed by atoms with Crippen LogP contribution >= 0.6 is 11.3 Å². The Labute approximate surface area is 121 Å². The first kappa shape index (κ1) is 14.8. The molecule has 0 bridgehead atoms. The molecule has 0 aromatic carbocycles. The van der Waals surface area contributed by atoms with Crippen LogP contribution in [0.5, 0.6) is 0 Å². The fourth-order valence-corrected chi connectivity index (χ4v) is 3.17. The van der Waals surface area contributed by atoms with Gasteiger partial charge in [0.2, 0.25) is 0 Å². The van der Waals surface area contributed by atoms with E-state index in [1.807, 2.05) is 12.3 Å². The highest BCUT2D eigenvalue weighted by Crippen LogP contribution is 2.35. The van der Waals surface area contributed by atoms with E-state index < -0.39 is 11.4 Å². The zero-order chi connectivity index (χ0) is 14.6. The molecule has 110 valence electrons. The van der Waals surface area contributed by atoms with Crippen molar-refractivity contribution in [3.05, 3.63) is 16.6 Å². The number of rotatable bonds is 5. The van der Waals surface area contributed by atoms with Crippen LogP contribution in [0.2, 0.25) is 0 Å². The molecule has 1 saturated heterocycles. The van der Waals surface area contributed by atoms with E-state index in [0.29, 0.717) is 32.5 Å². The summed E-state index contributed by atoms with van der Waals surface area (Å²) in [6.45, 7) is 3.14. The van der Waals surface area contributed by atoms with Crippen molar-refractivity contribution < 1.29 is 14.7 Å². The van der Waals surface area contributed by atoms with Crippen molar-refractivity contribution in [3.63, 3.8) is 0 Å². The molecule has 1 unspecified atom stereocenters. The summed E-state index contributed by atoms with van der Waals surface area (Å²) >= 11 is 1.48. The van der Waals surface area contributed by atoms with Crippen molar-refractivity contribution in [2.45, 2.75) is 32.7 Å². The number of urea groups is 1. The van der Waals surface area contributed by atoms with Gasteiger partial charge in [-0.25, -0.2) is 9.78 Å². The molecule has 1 aromatic rings. The molecule has 1 aliphatic rings. The number of nitrogens with one attached hydrogen (secondary N) is 1. The van der Waals surface area contributed by atoms with Gasteiger partial charge in [0.25, 0.3) is 0 Å². The molecule has 0 saturated carbocycles. The van der Waals surface area contributed by atoms with Gasteiger partial charge in [0.15, 0.2) is 0 Å². The van der Waals surface area contributed by atoms with Crippen molar-refractivity contribution in [3.8, 4) is 0 Å². The van der Waals surface area contributed by atoms with Gasteiger partial charge in [-0.3, -0.25) is 4.79 Å². The second-order valence-electron chi connectivity index (χ2n) is 5.15. The predicted molar refractivity (Wildman–Crippen MR) is 75.5 cm³/mol. The Hall–Kier alpha value is -1.63. The number of carboxylic acids is 1. The summed E-state index contributed by atoms with van der Waals surface area (Å²) in [6, 6.07) is -0.211. The summed E-state index contributed by atoms with van der Waals surface area (Å²) in [5, 5.41) is 14.1. The van der Waals surface area contributed by atoms with Crippen LogP contribution in [0.25, 0.3) is 0 Å². The lowest BCUT2D eigenvalue weighted by Gasteiger charge is -2.24. The number of hydrogen-bond donors (Lipinski definition) is 2. The van der Waals surface area contributed by atoms with E-state index >= 15 is 0 Å².